The number of thiol groups is 1. The molecule has 1 N–H and O–H groups in total. The Kier molecular flexibility index (Phi) is 7.82. The summed E-state index contributed by atoms with van der Waals surface area (Å²) in [5.74, 6) is -2.31. The number of carbonyl (C=O) groups excluding carboxylic acids is 3. The number of hydrogen-bond acceptors (Lipinski definition) is 8. The minimum Gasteiger partial charge on any atom is -0.462 e. The molecule has 1 aromatic rings. The van der Waals surface area contributed by atoms with Crippen LogP contribution in [0.2, 0.25) is 0 Å². The standard InChI is InChI=1S/C18H22FN3O5S/c1-3-26-17(24)15(16(28)20-14-6-4-13(19)5-7-14)18(25)27-22-10-8-21(9-11-22)12(2)23/h4-7,20,28H,3,8-11H2,1-2H3. The zero-order valence-electron chi connectivity index (χ0n) is 15.6. The van der Waals surface area contributed by atoms with Crippen LogP contribution in [-0.4, -0.2) is 60.6 Å². The Bertz CT molecular complexity index is 761. The molecule has 152 valence electrons. The molecule has 0 aliphatic carbocycles. The van der Waals surface area contributed by atoms with Gasteiger partial charge < -0.3 is 19.8 Å². The summed E-state index contributed by atoms with van der Waals surface area (Å²) in [6.07, 6.45) is 0. The summed E-state index contributed by atoms with van der Waals surface area (Å²) >= 11 is 4.19. The van der Waals surface area contributed by atoms with Crippen molar-refractivity contribution in [2.75, 3.05) is 38.1 Å². The van der Waals surface area contributed by atoms with Crippen molar-refractivity contribution in [2.24, 2.45) is 0 Å². The Hall–Kier alpha value is -2.59. The van der Waals surface area contributed by atoms with Gasteiger partial charge in [-0.05, 0) is 31.2 Å². The number of piperazine rings is 1. The summed E-state index contributed by atoms with van der Waals surface area (Å²) in [6, 6.07) is 5.31. The first kappa shape index (κ1) is 21.7. The first-order valence-electron chi connectivity index (χ1n) is 8.67. The number of amides is 1. The second-order valence-electron chi connectivity index (χ2n) is 5.89. The molecular weight excluding hydrogens is 389 g/mol. The van der Waals surface area contributed by atoms with Gasteiger partial charge in [0.05, 0.1) is 24.7 Å². The predicted octanol–water partition coefficient (Wildman–Crippen LogP) is 1.56. The maximum atomic E-state index is 13.0. The molecule has 10 heteroatoms. The van der Waals surface area contributed by atoms with Gasteiger partial charge in [-0.2, -0.15) is 0 Å². The molecule has 0 atom stereocenters. The van der Waals surface area contributed by atoms with Crippen molar-refractivity contribution in [1.29, 1.82) is 0 Å². The fraction of sp³-hybridized carbons (Fsp3) is 0.389. The van der Waals surface area contributed by atoms with E-state index in [1.165, 1.54) is 36.3 Å². The molecule has 0 saturated carbocycles. The number of anilines is 1. The van der Waals surface area contributed by atoms with Crippen molar-refractivity contribution in [1.82, 2.24) is 9.96 Å². The number of rotatable bonds is 6. The number of esters is 1. The number of nitrogens with zero attached hydrogens (tertiary/aromatic N) is 2. The van der Waals surface area contributed by atoms with Crippen LogP contribution in [0, 0.1) is 5.82 Å². The largest absolute Gasteiger partial charge is 0.462 e. The summed E-state index contributed by atoms with van der Waals surface area (Å²) in [7, 11) is 0. The van der Waals surface area contributed by atoms with Gasteiger partial charge in [0.1, 0.15) is 5.82 Å². The zero-order chi connectivity index (χ0) is 20.7. The topological polar surface area (TPSA) is 88.2 Å². The smallest absolute Gasteiger partial charge is 0.367 e. The third-order valence-electron chi connectivity index (χ3n) is 3.92. The molecule has 2 rings (SSSR count). The molecule has 28 heavy (non-hydrogen) atoms. The monoisotopic (exact) mass is 411 g/mol. The third kappa shape index (κ3) is 5.96. The lowest BCUT2D eigenvalue weighted by Crippen LogP contribution is -2.48. The Morgan fingerprint density at radius 3 is 2.25 bits per heavy atom. The Labute approximate surface area is 167 Å². The average molecular weight is 411 g/mol. The number of halogens is 1. The van der Waals surface area contributed by atoms with Gasteiger partial charge in [-0.15, -0.1) is 17.7 Å². The van der Waals surface area contributed by atoms with Gasteiger partial charge in [0.15, 0.2) is 5.57 Å². The van der Waals surface area contributed by atoms with E-state index in [2.05, 4.69) is 17.9 Å². The van der Waals surface area contributed by atoms with E-state index in [1.807, 2.05) is 0 Å². The molecule has 1 saturated heterocycles. The molecule has 0 aromatic heterocycles. The van der Waals surface area contributed by atoms with E-state index in [-0.39, 0.29) is 17.5 Å². The summed E-state index contributed by atoms with van der Waals surface area (Å²) < 4.78 is 18.0. The molecule has 1 aliphatic heterocycles. The lowest BCUT2D eigenvalue weighted by Gasteiger charge is -2.32. The molecule has 0 bridgehead atoms. The van der Waals surface area contributed by atoms with Crippen LogP contribution in [0.25, 0.3) is 0 Å². The van der Waals surface area contributed by atoms with Gasteiger partial charge in [0, 0.05) is 25.7 Å². The van der Waals surface area contributed by atoms with Crippen LogP contribution in [0.1, 0.15) is 13.8 Å². The van der Waals surface area contributed by atoms with E-state index >= 15 is 0 Å². The summed E-state index contributed by atoms with van der Waals surface area (Å²) in [5, 5.41) is 4.04. The molecule has 0 radical (unpaired) electrons. The quantitative estimate of drug-likeness (QED) is 0.242. The minimum absolute atomic E-state index is 0.0563. The highest BCUT2D eigenvalue weighted by Crippen LogP contribution is 2.19. The molecule has 1 heterocycles. The highest BCUT2D eigenvalue weighted by atomic mass is 32.1. The van der Waals surface area contributed by atoms with Crippen molar-refractivity contribution < 1.29 is 28.3 Å². The van der Waals surface area contributed by atoms with E-state index in [1.54, 1.807) is 11.8 Å². The van der Waals surface area contributed by atoms with E-state index < -0.39 is 23.3 Å². The normalized spacial score (nSPS) is 15.5. The van der Waals surface area contributed by atoms with Crippen LogP contribution < -0.4 is 5.32 Å². The molecule has 1 amide bonds. The number of hydroxylamine groups is 2. The van der Waals surface area contributed by atoms with Crippen LogP contribution >= 0.6 is 12.6 Å². The van der Waals surface area contributed by atoms with Crippen molar-refractivity contribution in [2.45, 2.75) is 13.8 Å². The number of benzene rings is 1. The third-order valence-corrected chi connectivity index (χ3v) is 4.26. The zero-order valence-corrected chi connectivity index (χ0v) is 16.5. The van der Waals surface area contributed by atoms with E-state index in [4.69, 9.17) is 9.57 Å². The molecule has 0 unspecified atom stereocenters. The molecule has 1 fully saturated rings. The first-order chi connectivity index (χ1) is 13.3. The maximum absolute atomic E-state index is 13.0. The van der Waals surface area contributed by atoms with Crippen molar-refractivity contribution >= 4 is 36.2 Å². The van der Waals surface area contributed by atoms with Gasteiger partial charge in [0.2, 0.25) is 5.91 Å². The number of ether oxygens (including phenoxy) is 1. The number of carbonyl (C=O) groups is 3. The maximum Gasteiger partial charge on any atom is 0.367 e. The van der Waals surface area contributed by atoms with Gasteiger partial charge in [-0.1, -0.05) is 0 Å². The molecule has 1 aliphatic rings. The minimum atomic E-state index is -0.936. The Balaban J connectivity index is 2.13. The Morgan fingerprint density at radius 1 is 1.11 bits per heavy atom. The van der Waals surface area contributed by atoms with Gasteiger partial charge in [0.25, 0.3) is 0 Å². The van der Waals surface area contributed by atoms with Gasteiger partial charge >= 0.3 is 11.9 Å². The first-order valence-corrected chi connectivity index (χ1v) is 9.12. The van der Waals surface area contributed by atoms with E-state index in [0.29, 0.717) is 31.9 Å². The highest BCUT2D eigenvalue weighted by Gasteiger charge is 2.29. The van der Waals surface area contributed by atoms with Crippen LogP contribution in [-0.2, 0) is 24.0 Å². The van der Waals surface area contributed by atoms with E-state index in [0.717, 1.165) is 0 Å². The predicted molar refractivity (Wildman–Crippen MR) is 103 cm³/mol. The number of hydrogen-bond donors (Lipinski definition) is 2. The fourth-order valence-electron chi connectivity index (χ4n) is 2.47. The SMILES string of the molecule is CCOC(=O)C(C(=O)ON1CCN(C(C)=O)CC1)=C(S)Nc1ccc(F)cc1. The van der Waals surface area contributed by atoms with Gasteiger partial charge in [-0.3, -0.25) is 4.79 Å². The van der Waals surface area contributed by atoms with Crippen molar-refractivity contribution in [3.8, 4) is 0 Å². The van der Waals surface area contributed by atoms with Crippen LogP contribution in [0.3, 0.4) is 0 Å². The summed E-state index contributed by atoms with van der Waals surface area (Å²) in [6.45, 7) is 4.57. The lowest BCUT2D eigenvalue weighted by atomic mass is 10.2. The second-order valence-corrected chi connectivity index (χ2v) is 6.34. The summed E-state index contributed by atoms with van der Waals surface area (Å²) in [4.78, 5) is 43.1. The average Bonchev–Trinajstić information content (AvgIpc) is 2.64. The number of nitrogens with one attached hydrogen (secondary N) is 1. The fourth-order valence-corrected chi connectivity index (χ4v) is 2.78. The Morgan fingerprint density at radius 2 is 1.71 bits per heavy atom. The van der Waals surface area contributed by atoms with E-state index in [9.17, 15) is 18.8 Å². The molecule has 0 spiro atoms. The molecular formula is C18H22FN3O5S. The second kappa shape index (κ2) is 10.1. The summed E-state index contributed by atoms with van der Waals surface area (Å²) in [5.41, 5.74) is 0.0135. The van der Waals surface area contributed by atoms with Gasteiger partial charge in [-0.25, -0.2) is 14.0 Å². The van der Waals surface area contributed by atoms with Crippen LogP contribution in [0.4, 0.5) is 10.1 Å². The van der Waals surface area contributed by atoms with Crippen molar-refractivity contribution in [3.05, 3.63) is 40.7 Å². The van der Waals surface area contributed by atoms with Crippen LogP contribution in [0.15, 0.2) is 34.9 Å². The van der Waals surface area contributed by atoms with Crippen molar-refractivity contribution in [3.63, 3.8) is 0 Å². The highest BCUT2D eigenvalue weighted by molar-refractivity contribution is 7.84. The molecule has 8 nitrogen and oxygen atoms in total. The molecule has 1 aromatic carbocycles. The van der Waals surface area contributed by atoms with Crippen LogP contribution in [0.5, 0.6) is 0 Å². The lowest BCUT2D eigenvalue weighted by molar-refractivity contribution is -0.193.